The fourth-order valence-corrected chi connectivity index (χ4v) is 4.65. The van der Waals surface area contributed by atoms with E-state index < -0.39 is 0 Å². The number of likely N-dealkylation sites (tertiary alicyclic amines) is 1. The van der Waals surface area contributed by atoms with Gasteiger partial charge in [-0.15, -0.1) is 16.5 Å². The first-order valence-electron chi connectivity index (χ1n) is 10.3. The van der Waals surface area contributed by atoms with E-state index in [1.807, 2.05) is 6.07 Å². The van der Waals surface area contributed by atoms with E-state index in [1.165, 1.54) is 23.9 Å². The van der Waals surface area contributed by atoms with Crippen molar-refractivity contribution in [3.63, 3.8) is 0 Å². The molecule has 1 atom stereocenters. The highest BCUT2D eigenvalue weighted by atomic mass is 35.5. The van der Waals surface area contributed by atoms with Gasteiger partial charge in [0, 0.05) is 42.5 Å². The second-order valence-corrected chi connectivity index (χ2v) is 9.20. The van der Waals surface area contributed by atoms with Crippen molar-refractivity contribution >= 4 is 51.9 Å². The number of nitrogens with one attached hydrogen (secondary N) is 2. The third-order valence-corrected chi connectivity index (χ3v) is 6.52. The molecule has 11 heteroatoms. The zero-order chi connectivity index (χ0) is 22.8. The quantitative estimate of drug-likeness (QED) is 0.426. The Bertz CT molecular complexity index is 1510. The maximum absolute atomic E-state index is 12.3. The molecule has 1 aromatic carbocycles. The van der Waals surface area contributed by atoms with Crippen LogP contribution < -0.4 is 19.5 Å². The van der Waals surface area contributed by atoms with Crippen LogP contribution in [0.1, 0.15) is 12.0 Å². The lowest BCUT2D eigenvalue weighted by molar-refractivity contribution is 0.208. The fourth-order valence-electron chi connectivity index (χ4n) is 3.63. The smallest absolute Gasteiger partial charge is 0.266 e. The first-order valence-corrected chi connectivity index (χ1v) is 11.5. The van der Waals surface area contributed by atoms with Crippen LogP contribution in [0, 0.1) is 0 Å². The number of ether oxygens (including phenoxy) is 1. The number of thiazole rings is 1. The largest absolute Gasteiger partial charge is 0.489 e. The average molecular weight is 482 g/mol. The summed E-state index contributed by atoms with van der Waals surface area (Å²) in [4.78, 5) is 28.6. The fraction of sp³-hybridized carbons (Fsp3) is 0.227. The molecule has 4 heterocycles. The van der Waals surface area contributed by atoms with Crippen LogP contribution in [0.15, 0.2) is 51.9 Å². The van der Waals surface area contributed by atoms with E-state index in [-0.39, 0.29) is 11.7 Å². The van der Waals surface area contributed by atoms with Crippen molar-refractivity contribution < 1.29 is 4.74 Å². The molecule has 3 aromatic heterocycles. The standard InChI is InChI=1S/C22H20ClN7O2S/c1-30-5-4-15(11-30)32-14-2-3-18(17(23)7-14)29-27-10-20-28-22(31)19(33-20)6-13-8-25-21-16(13)9-24-12-26-21/h2-3,6-10,12,15H,4-5,11H2,1H3,(H,28,31)(H,24,25,26). The molecular weight excluding hydrogens is 462 g/mol. The maximum Gasteiger partial charge on any atom is 0.266 e. The van der Waals surface area contributed by atoms with Gasteiger partial charge in [-0.1, -0.05) is 11.6 Å². The molecule has 5 rings (SSSR count). The molecule has 0 radical (unpaired) electrons. The minimum atomic E-state index is -0.204. The zero-order valence-electron chi connectivity index (χ0n) is 17.7. The summed E-state index contributed by atoms with van der Waals surface area (Å²) in [6.45, 7) is 1.93. The highest BCUT2D eigenvalue weighted by Crippen LogP contribution is 2.30. The van der Waals surface area contributed by atoms with Gasteiger partial charge in [-0.05, 0) is 31.7 Å². The number of rotatable bonds is 5. The SMILES string of the molecule is CN1CCC(Oc2ccc(N=NC=c3[nH]c(=O)c(=Cc4c[nH]c5ncncc45)s3)c(Cl)c2)C1. The number of hydrogen-bond acceptors (Lipinski definition) is 8. The molecule has 1 aliphatic rings. The number of azo groups is 1. The van der Waals surface area contributed by atoms with Gasteiger partial charge < -0.3 is 19.6 Å². The number of hydrogen-bond donors (Lipinski definition) is 2. The maximum atomic E-state index is 12.3. The second-order valence-electron chi connectivity index (χ2n) is 7.71. The highest BCUT2D eigenvalue weighted by Gasteiger charge is 2.21. The minimum Gasteiger partial charge on any atom is -0.489 e. The number of H-pyrrole nitrogens is 2. The van der Waals surface area contributed by atoms with E-state index >= 15 is 0 Å². The Morgan fingerprint density at radius 1 is 1.39 bits per heavy atom. The van der Waals surface area contributed by atoms with Gasteiger partial charge in [0.05, 0.1) is 15.8 Å². The summed E-state index contributed by atoms with van der Waals surface area (Å²) in [5.41, 5.74) is 1.87. The van der Waals surface area contributed by atoms with E-state index in [0.717, 1.165) is 30.5 Å². The molecule has 1 saturated heterocycles. The summed E-state index contributed by atoms with van der Waals surface area (Å²) in [6, 6.07) is 5.35. The van der Waals surface area contributed by atoms with Gasteiger partial charge in [0.15, 0.2) is 0 Å². The Morgan fingerprint density at radius 2 is 2.30 bits per heavy atom. The van der Waals surface area contributed by atoms with Crippen molar-refractivity contribution in [2.75, 3.05) is 20.1 Å². The number of aromatic nitrogens is 4. The second kappa shape index (κ2) is 9.26. The summed E-state index contributed by atoms with van der Waals surface area (Å²) in [5, 5.41) is 9.55. The lowest BCUT2D eigenvalue weighted by Crippen LogP contribution is -2.21. The van der Waals surface area contributed by atoms with Crippen molar-refractivity contribution in [2.24, 2.45) is 10.2 Å². The number of nitrogens with zero attached hydrogens (tertiary/aromatic N) is 5. The Hall–Kier alpha value is -3.34. The Labute approximate surface area is 197 Å². The van der Waals surface area contributed by atoms with Crippen LogP contribution in [0.3, 0.4) is 0 Å². The van der Waals surface area contributed by atoms with Crippen molar-refractivity contribution in [2.45, 2.75) is 12.5 Å². The summed E-state index contributed by atoms with van der Waals surface area (Å²) < 4.78 is 7.10. The molecule has 0 bridgehead atoms. The Balaban J connectivity index is 1.33. The molecule has 4 aromatic rings. The van der Waals surface area contributed by atoms with E-state index in [1.54, 1.807) is 30.6 Å². The summed E-state index contributed by atoms with van der Waals surface area (Å²) in [5.74, 6) is 0.716. The van der Waals surface area contributed by atoms with Gasteiger partial charge in [0.2, 0.25) is 0 Å². The van der Waals surface area contributed by atoms with Gasteiger partial charge in [-0.3, -0.25) is 4.79 Å². The number of benzene rings is 1. The van der Waals surface area contributed by atoms with Gasteiger partial charge in [0.25, 0.3) is 5.56 Å². The molecule has 33 heavy (non-hydrogen) atoms. The number of halogens is 1. The molecule has 0 amide bonds. The first kappa shape index (κ1) is 21.5. The lowest BCUT2D eigenvalue weighted by Gasteiger charge is -2.14. The van der Waals surface area contributed by atoms with Crippen LogP contribution in [0.25, 0.3) is 23.3 Å². The van der Waals surface area contributed by atoms with Gasteiger partial charge in [-0.25, -0.2) is 9.97 Å². The van der Waals surface area contributed by atoms with E-state index in [2.05, 4.69) is 42.1 Å². The molecule has 2 N–H and O–H groups in total. The summed E-state index contributed by atoms with van der Waals surface area (Å²) >= 11 is 7.63. The van der Waals surface area contributed by atoms with Crippen molar-refractivity contribution in [1.82, 2.24) is 24.8 Å². The topological polar surface area (TPSA) is 112 Å². The average Bonchev–Trinajstić information content (AvgIpc) is 3.49. The zero-order valence-corrected chi connectivity index (χ0v) is 19.2. The molecule has 1 fully saturated rings. The first-order chi connectivity index (χ1) is 16.0. The Kier molecular flexibility index (Phi) is 6.03. The third-order valence-electron chi connectivity index (χ3n) is 5.27. The van der Waals surface area contributed by atoms with Crippen LogP contribution in [0.2, 0.25) is 5.02 Å². The van der Waals surface area contributed by atoms with Crippen LogP contribution in [-0.2, 0) is 0 Å². The number of likely N-dealkylation sites (N-methyl/N-ethyl adjacent to an activating group) is 1. The summed E-state index contributed by atoms with van der Waals surface area (Å²) in [6.07, 6.45) is 9.43. The predicted molar refractivity (Wildman–Crippen MR) is 129 cm³/mol. The number of fused-ring (bicyclic) bond motifs is 1. The van der Waals surface area contributed by atoms with Gasteiger partial charge in [-0.2, -0.15) is 5.11 Å². The molecule has 9 nitrogen and oxygen atoms in total. The monoisotopic (exact) mass is 481 g/mol. The van der Waals surface area contributed by atoms with Crippen LogP contribution in [0.4, 0.5) is 5.69 Å². The van der Waals surface area contributed by atoms with E-state index in [4.69, 9.17) is 16.3 Å². The molecular formula is C22H20ClN7O2S. The Morgan fingerprint density at radius 3 is 3.12 bits per heavy atom. The summed E-state index contributed by atoms with van der Waals surface area (Å²) in [7, 11) is 2.08. The minimum absolute atomic E-state index is 0.172. The molecule has 1 unspecified atom stereocenters. The molecule has 0 spiro atoms. The van der Waals surface area contributed by atoms with Crippen molar-refractivity contribution in [1.29, 1.82) is 0 Å². The van der Waals surface area contributed by atoms with Gasteiger partial charge in [0.1, 0.15) is 34.2 Å². The van der Waals surface area contributed by atoms with Crippen LogP contribution in [-0.4, -0.2) is 51.1 Å². The van der Waals surface area contributed by atoms with Crippen molar-refractivity contribution in [3.05, 3.63) is 67.1 Å². The van der Waals surface area contributed by atoms with Crippen LogP contribution in [0.5, 0.6) is 5.75 Å². The van der Waals surface area contributed by atoms with Crippen LogP contribution >= 0.6 is 22.9 Å². The molecule has 168 valence electrons. The highest BCUT2D eigenvalue weighted by molar-refractivity contribution is 7.07. The predicted octanol–water partition coefficient (Wildman–Crippen LogP) is 2.79. The molecule has 1 aliphatic heterocycles. The third kappa shape index (κ3) is 4.87. The lowest BCUT2D eigenvalue weighted by atomic mass is 10.2. The number of aromatic amines is 2. The van der Waals surface area contributed by atoms with Crippen molar-refractivity contribution in [3.8, 4) is 5.75 Å². The normalized spacial score (nSPS) is 18.2. The van der Waals surface area contributed by atoms with E-state index in [9.17, 15) is 4.79 Å². The van der Waals surface area contributed by atoms with E-state index in [0.29, 0.717) is 31.3 Å². The molecule has 0 aliphatic carbocycles. The molecule has 0 saturated carbocycles. The van der Waals surface area contributed by atoms with Gasteiger partial charge >= 0.3 is 0 Å².